The van der Waals surface area contributed by atoms with Gasteiger partial charge in [-0.1, -0.05) is 17.7 Å². The lowest BCUT2D eigenvalue weighted by Gasteiger charge is -2.07. The van der Waals surface area contributed by atoms with Crippen molar-refractivity contribution in [3.05, 3.63) is 70.1 Å². The first-order valence-corrected chi connectivity index (χ1v) is 6.77. The fourth-order valence-corrected chi connectivity index (χ4v) is 1.88. The number of amides is 1. The molecule has 2 aromatic carbocycles. The normalized spacial score (nSPS) is 11.2. The van der Waals surface area contributed by atoms with Crippen molar-refractivity contribution in [2.24, 2.45) is 0 Å². The van der Waals surface area contributed by atoms with Gasteiger partial charge in [0.15, 0.2) is 23.3 Å². The zero-order valence-electron chi connectivity index (χ0n) is 12.6. The molecule has 0 aromatic heterocycles. The molecule has 0 bridgehead atoms. The maximum atomic E-state index is 13.6. The number of hydrogen-bond donors (Lipinski definition) is 1. The van der Waals surface area contributed by atoms with Crippen molar-refractivity contribution >= 4 is 17.7 Å². The summed E-state index contributed by atoms with van der Waals surface area (Å²) in [6, 6.07) is 7.72. The van der Waals surface area contributed by atoms with Crippen LogP contribution in [-0.4, -0.2) is 5.91 Å². The van der Waals surface area contributed by atoms with E-state index in [1.807, 2.05) is 0 Å². The largest absolute Gasteiger partial charge is 0.321 e. The van der Waals surface area contributed by atoms with Gasteiger partial charge in [0, 0.05) is 5.69 Å². The Morgan fingerprint density at radius 2 is 1.44 bits per heavy atom. The van der Waals surface area contributed by atoms with Gasteiger partial charge in [-0.05, 0) is 25.1 Å². The highest BCUT2D eigenvalue weighted by Gasteiger charge is 2.25. The monoisotopic (exact) mass is 352 g/mol. The molecule has 25 heavy (non-hydrogen) atoms. The van der Waals surface area contributed by atoms with Crippen molar-refractivity contribution in [1.82, 2.24) is 0 Å². The molecule has 2 rings (SSSR count). The summed E-state index contributed by atoms with van der Waals surface area (Å²) in [6.07, 6.45) is 0.305. The van der Waals surface area contributed by atoms with Crippen molar-refractivity contribution < 1.29 is 26.7 Å². The SMILES string of the molecule is Cc1ccc(NC(=O)/C(C#N)=C/c2c(F)c(F)c(F)c(F)c2F)cc1. The van der Waals surface area contributed by atoms with Crippen LogP contribution in [0.4, 0.5) is 27.6 Å². The third-order valence-corrected chi connectivity index (χ3v) is 3.21. The lowest BCUT2D eigenvalue weighted by atomic mass is 10.1. The number of hydrogen-bond acceptors (Lipinski definition) is 2. The van der Waals surface area contributed by atoms with Gasteiger partial charge in [0.1, 0.15) is 11.6 Å². The topological polar surface area (TPSA) is 52.9 Å². The van der Waals surface area contributed by atoms with Crippen molar-refractivity contribution in [3.63, 3.8) is 0 Å². The number of carbonyl (C=O) groups excluding carboxylic acids is 1. The van der Waals surface area contributed by atoms with Crippen LogP contribution in [0.1, 0.15) is 11.1 Å². The Morgan fingerprint density at radius 3 is 1.92 bits per heavy atom. The molecule has 0 saturated heterocycles. The second-order valence-electron chi connectivity index (χ2n) is 4.97. The van der Waals surface area contributed by atoms with E-state index in [1.54, 1.807) is 19.1 Å². The quantitative estimate of drug-likeness (QED) is 0.295. The van der Waals surface area contributed by atoms with E-state index in [9.17, 15) is 26.7 Å². The molecule has 128 valence electrons. The number of nitrogens with zero attached hydrogens (tertiary/aromatic N) is 1. The number of anilines is 1. The average molecular weight is 352 g/mol. The molecule has 0 radical (unpaired) electrons. The fraction of sp³-hybridized carbons (Fsp3) is 0.0588. The summed E-state index contributed by atoms with van der Waals surface area (Å²) in [5, 5.41) is 11.3. The summed E-state index contributed by atoms with van der Waals surface area (Å²) in [4.78, 5) is 12.0. The van der Waals surface area contributed by atoms with Gasteiger partial charge >= 0.3 is 0 Å². The number of aryl methyl sites for hydroxylation is 1. The molecule has 0 saturated carbocycles. The summed E-state index contributed by atoms with van der Waals surface area (Å²) < 4.78 is 66.6. The Labute approximate surface area is 139 Å². The van der Waals surface area contributed by atoms with E-state index in [0.717, 1.165) is 5.56 Å². The average Bonchev–Trinajstić information content (AvgIpc) is 2.60. The molecule has 1 N–H and O–H groups in total. The summed E-state index contributed by atoms with van der Waals surface area (Å²) in [5.74, 6) is -12.0. The van der Waals surface area contributed by atoms with Crippen LogP contribution >= 0.6 is 0 Å². The number of benzene rings is 2. The predicted octanol–water partition coefficient (Wildman–Crippen LogP) is 4.24. The van der Waals surface area contributed by atoms with E-state index in [2.05, 4.69) is 5.32 Å². The molecule has 0 unspecified atom stereocenters. The van der Waals surface area contributed by atoms with Gasteiger partial charge in [0.25, 0.3) is 5.91 Å². The number of nitriles is 1. The van der Waals surface area contributed by atoms with Crippen LogP contribution in [-0.2, 0) is 4.79 Å². The number of nitrogens with one attached hydrogen (secondary N) is 1. The standard InChI is InChI=1S/C17H9F5N2O/c1-8-2-4-10(5-3-8)24-17(25)9(7-23)6-11-12(18)14(20)16(22)15(21)13(11)19/h2-6H,1H3,(H,24,25)/b9-6+. The highest BCUT2D eigenvalue weighted by Crippen LogP contribution is 2.25. The zero-order chi connectivity index (χ0) is 18.7. The van der Waals surface area contributed by atoms with Gasteiger partial charge < -0.3 is 5.32 Å². The van der Waals surface area contributed by atoms with Crippen LogP contribution in [0.3, 0.4) is 0 Å². The first-order chi connectivity index (χ1) is 11.8. The first-order valence-electron chi connectivity index (χ1n) is 6.77. The highest BCUT2D eigenvalue weighted by molar-refractivity contribution is 6.09. The van der Waals surface area contributed by atoms with Crippen molar-refractivity contribution in [2.75, 3.05) is 5.32 Å². The van der Waals surface area contributed by atoms with Crippen LogP contribution in [0.15, 0.2) is 29.8 Å². The van der Waals surface area contributed by atoms with E-state index < -0.39 is 46.1 Å². The lowest BCUT2D eigenvalue weighted by Crippen LogP contribution is -2.14. The summed E-state index contributed by atoms with van der Waals surface area (Å²) >= 11 is 0. The molecule has 1 amide bonds. The smallest absolute Gasteiger partial charge is 0.266 e. The molecular weight excluding hydrogens is 343 g/mol. The van der Waals surface area contributed by atoms with E-state index in [-0.39, 0.29) is 5.69 Å². The Balaban J connectivity index is 2.43. The molecule has 2 aromatic rings. The van der Waals surface area contributed by atoms with Crippen LogP contribution in [0.25, 0.3) is 6.08 Å². The molecule has 8 heteroatoms. The maximum Gasteiger partial charge on any atom is 0.266 e. The van der Waals surface area contributed by atoms with E-state index in [4.69, 9.17) is 5.26 Å². The number of halogens is 5. The number of carbonyl (C=O) groups is 1. The molecule has 3 nitrogen and oxygen atoms in total. The molecule has 0 atom stereocenters. The zero-order valence-corrected chi connectivity index (χ0v) is 12.6. The Kier molecular flexibility index (Phi) is 5.17. The van der Waals surface area contributed by atoms with E-state index >= 15 is 0 Å². The first kappa shape index (κ1) is 18.1. The number of rotatable bonds is 3. The van der Waals surface area contributed by atoms with Crippen LogP contribution in [0, 0.1) is 47.3 Å². The Morgan fingerprint density at radius 1 is 0.960 bits per heavy atom. The fourth-order valence-electron chi connectivity index (χ4n) is 1.88. The lowest BCUT2D eigenvalue weighted by molar-refractivity contribution is -0.112. The van der Waals surface area contributed by atoms with Crippen molar-refractivity contribution in [1.29, 1.82) is 5.26 Å². The van der Waals surface area contributed by atoms with Crippen LogP contribution < -0.4 is 5.32 Å². The predicted molar refractivity (Wildman–Crippen MR) is 79.6 cm³/mol. The summed E-state index contributed by atoms with van der Waals surface area (Å²) in [5.41, 5.74) is -1.01. The van der Waals surface area contributed by atoms with Crippen molar-refractivity contribution in [2.45, 2.75) is 6.92 Å². The second-order valence-corrected chi connectivity index (χ2v) is 4.97. The maximum absolute atomic E-state index is 13.6. The van der Waals surface area contributed by atoms with E-state index in [1.165, 1.54) is 18.2 Å². The van der Waals surface area contributed by atoms with Gasteiger partial charge in [-0.2, -0.15) is 5.26 Å². The van der Waals surface area contributed by atoms with Gasteiger partial charge in [0.2, 0.25) is 5.82 Å². The summed E-state index contributed by atoms with van der Waals surface area (Å²) in [6.45, 7) is 1.80. The minimum absolute atomic E-state index is 0.286. The molecule has 0 heterocycles. The second kappa shape index (κ2) is 7.13. The summed E-state index contributed by atoms with van der Waals surface area (Å²) in [7, 11) is 0. The minimum atomic E-state index is -2.32. The highest BCUT2D eigenvalue weighted by atomic mass is 19.2. The molecule has 0 fully saturated rings. The van der Waals surface area contributed by atoms with Crippen LogP contribution in [0.5, 0.6) is 0 Å². The minimum Gasteiger partial charge on any atom is -0.321 e. The molecule has 0 aliphatic carbocycles. The molecule has 0 aliphatic heterocycles. The molecule has 0 aliphatic rings. The van der Waals surface area contributed by atoms with Gasteiger partial charge in [-0.3, -0.25) is 4.79 Å². The molecule has 0 spiro atoms. The Hall–Kier alpha value is -3.21. The Bertz CT molecular complexity index is 885. The van der Waals surface area contributed by atoms with Crippen LogP contribution in [0.2, 0.25) is 0 Å². The van der Waals surface area contributed by atoms with Gasteiger partial charge in [-0.15, -0.1) is 0 Å². The third kappa shape index (κ3) is 3.66. The van der Waals surface area contributed by atoms with Gasteiger partial charge in [-0.25, -0.2) is 22.0 Å². The van der Waals surface area contributed by atoms with Gasteiger partial charge in [0.05, 0.1) is 5.56 Å². The third-order valence-electron chi connectivity index (χ3n) is 3.21. The molecular formula is C17H9F5N2O. The van der Waals surface area contributed by atoms with E-state index in [0.29, 0.717) is 6.08 Å². The van der Waals surface area contributed by atoms with Crippen molar-refractivity contribution in [3.8, 4) is 6.07 Å².